The van der Waals surface area contributed by atoms with E-state index in [2.05, 4.69) is 50.4 Å². The molecular weight excluding hydrogens is 739 g/mol. The molecule has 0 aromatic heterocycles. The minimum absolute atomic E-state index is 0.0223. The van der Waals surface area contributed by atoms with Crippen molar-refractivity contribution in [3.63, 3.8) is 0 Å². The second kappa shape index (κ2) is 28.8. The van der Waals surface area contributed by atoms with Crippen LogP contribution in [0.2, 0.25) is 0 Å². The summed E-state index contributed by atoms with van der Waals surface area (Å²) < 4.78 is 11.8. The Balaban J connectivity index is 0.994. The van der Waals surface area contributed by atoms with Crippen LogP contribution in [0.3, 0.4) is 0 Å². The van der Waals surface area contributed by atoms with Gasteiger partial charge in [0.25, 0.3) is 0 Å². The van der Waals surface area contributed by atoms with Crippen LogP contribution >= 0.6 is 11.8 Å². The fourth-order valence-corrected chi connectivity index (χ4v) is 9.71. The van der Waals surface area contributed by atoms with E-state index >= 15 is 0 Å². The zero-order valence-corrected chi connectivity index (χ0v) is 37.9. The molecule has 0 saturated heterocycles. The molecule has 58 heavy (non-hydrogen) atoms. The van der Waals surface area contributed by atoms with E-state index in [1.165, 1.54) is 133 Å². The first-order valence-corrected chi connectivity index (χ1v) is 24.9. The van der Waals surface area contributed by atoms with Gasteiger partial charge in [0.1, 0.15) is 5.75 Å². The number of fused-ring (bicyclic) bond motifs is 2. The maximum atomic E-state index is 13.3. The van der Waals surface area contributed by atoms with E-state index in [1.807, 2.05) is 23.9 Å². The molecule has 1 amide bonds. The summed E-state index contributed by atoms with van der Waals surface area (Å²) in [5.74, 6) is 1.60. The number of anilines is 1. The number of nitrogens with one attached hydrogen (secondary N) is 1. The van der Waals surface area contributed by atoms with E-state index in [-0.39, 0.29) is 24.0 Å². The van der Waals surface area contributed by atoms with Gasteiger partial charge in [0.05, 0.1) is 24.6 Å². The standard InChI is InChI=1S/C50H81N3O4S/c1-4-5-6-7-8-9-10-11-12-13-14-15-16-17-18-19-20-21-22-23-24-30-49(55)57-41-53-46-39-42(31-32-44(46)50(2,3)40-48(53)54)56-37-26-25-34-51-35-36-52-45-28-27-29-47-43(45)33-38-58-47/h27-28,31-33,39,47,51H,4-26,29-30,34-38,40-41H2,1-3H3. The summed E-state index contributed by atoms with van der Waals surface area (Å²) in [6, 6.07) is 6.02. The van der Waals surface area contributed by atoms with Gasteiger partial charge in [-0.25, -0.2) is 0 Å². The Morgan fingerprint density at radius 2 is 1.45 bits per heavy atom. The molecule has 3 aliphatic rings. The van der Waals surface area contributed by atoms with Crippen LogP contribution in [-0.2, 0) is 19.7 Å². The highest BCUT2D eigenvalue weighted by molar-refractivity contribution is 8.00. The molecule has 0 radical (unpaired) electrons. The second-order valence-electron chi connectivity index (χ2n) is 17.7. The van der Waals surface area contributed by atoms with Crippen molar-refractivity contribution >= 4 is 35.0 Å². The van der Waals surface area contributed by atoms with Crippen molar-refractivity contribution in [2.24, 2.45) is 4.99 Å². The van der Waals surface area contributed by atoms with Crippen molar-refractivity contribution in [3.8, 4) is 5.75 Å². The molecule has 0 saturated carbocycles. The van der Waals surface area contributed by atoms with Crippen molar-refractivity contribution in [3.05, 3.63) is 47.6 Å². The third-order valence-electron chi connectivity index (χ3n) is 12.2. The monoisotopic (exact) mass is 820 g/mol. The number of carbonyl (C=O) groups excluding carboxylic acids is 2. The molecule has 4 rings (SSSR count). The number of ether oxygens (including phenoxy) is 2. The van der Waals surface area contributed by atoms with Crippen molar-refractivity contribution in [1.82, 2.24) is 5.32 Å². The average Bonchev–Trinajstić information content (AvgIpc) is 3.70. The lowest BCUT2D eigenvalue weighted by Crippen LogP contribution is -2.43. The molecule has 1 atom stereocenters. The zero-order chi connectivity index (χ0) is 41.1. The normalized spacial score (nSPS) is 17.7. The molecule has 2 aliphatic heterocycles. The molecule has 8 heteroatoms. The first-order chi connectivity index (χ1) is 28.4. The van der Waals surface area contributed by atoms with Gasteiger partial charge in [0, 0.05) is 41.9 Å². The maximum Gasteiger partial charge on any atom is 0.307 e. The fraction of sp³-hybridized carbons (Fsp3) is 0.740. The summed E-state index contributed by atoms with van der Waals surface area (Å²) in [5, 5.41) is 4.12. The number of thioether (sulfide) groups is 1. The first kappa shape index (κ1) is 48.1. The SMILES string of the molecule is CCCCCCCCCCCCCCCCCCCCCCCC(=O)OCN1C(=O)CC(C)(C)c2ccc(OCCCCNCCN=C3C=CCC4SCC=C34)cc21. The van der Waals surface area contributed by atoms with Crippen LogP contribution in [0.25, 0.3) is 0 Å². The first-order valence-electron chi connectivity index (χ1n) is 23.9. The number of hydrogen-bond donors (Lipinski definition) is 1. The third-order valence-corrected chi connectivity index (χ3v) is 13.4. The van der Waals surface area contributed by atoms with Crippen LogP contribution in [0.15, 0.2) is 47.0 Å². The Kier molecular flexibility index (Phi) is 23.9. The molecule has 0 spiro atoms. The predicted molar refractivity (Wildman–Crippen MR) is 248 cm³/mol. The largest absolute Gasteiger partial charge is 0.494 e. The van der Waals surface area contributed by atoms with Gasteiger partial charge >= 0.3 is 5.97 Å². The predicted octanol–water partition coefficient (Wildman–Crippen LogP) is 13.0. The highest BCUT2D eigenvalue weighted by Crippen LogP contribution is 2.42. The smallest absolute Gasteiger partial charge is 0.307 e. The van der Waals surface area contributed by atoms with Crippen LogP contribution in [0.4, 0.5) is 5.69 Å². The van der Waals surface area contributed by atoms with Crippen molar-refractivity contribution < 1.29 is 19.1 Å². The molecule has 0 bridgehead atoms. The van der Waals surface area contributed by atoms with Gasteiger partial charge in [-0.3, -0.25) is 19.5 Å². The number of nitrogens with zero attached hydrogens (tertiary/aromatic N) is 2. The van der Waals surface area contributed by atoms with Gasteiger partial charge in [-0.15, -0.1) is 11.8 Å². The van der Waals surface area contributed by atoms with Crippen molar-refractivity contribution in [2.75, 3.05) is 43.6 Å². The molecular formula is C50H81N3O4S. The molecule has 1 N–H and O–H groups in total. The highest BCUT2D eigenvalue weighted by Gasteiger charge is 2.37. The van der Waals surface area contributed by atoms with Crippen LogP contribution in [0.5, 0.6) is 5.75 Å². The van der Waals surface area contributed by atoms with Crippen molar-refractivity contribution in [2.45, 2.75) is 198 Å². The maximum absolute atomic E-state index is 13.3. The summed E-state index contributed by atoms with van der Waals surface area (Å²) in [7, 11) is 0. The van der Waals surface area contributed by atoms with Gasteiger partial charge in [-0.1, -0.05) is 167 Å². The minimum atomic E-state index is -0.296. The highest BCUT2D eigenvalue weighted by atomic mass is 32.2. The lowest BCUT2D eigenvalue weighted by atomic mass is 9.77. The number of benzene rings is 1. The molecule has 1 unspecified atom stereocenters. The van der Waals surface area contributed by atoms with Crippen LogP contribution in [0.1, 0.15) is 193 Å². The number of rotatable bonds is 33. The second-order valence-corrected chi connectivity index (χ2v) is 19.0. The van der Waals surface area contributed by atoms with E-state index in [0.29, 0.717) is 24.7 Å². The average molecular weight is 820 g/mol. The van der Waals surface area contributed by atoms with Crippen LogP contribution in [0, 0.1) is 0 Å². The summed E-state index contributed by atoms with van der Waals surface area (Å²) >= 11 is 2.01. The molecule has 1 aromatic carbocycles. The molecule has 326 valence electrons. The van der Waals surface area contributed by atoms with Gasteiger partial charge in [-0.2, -0.15) is 0 Å². The number of esters is 1. The van der Waals surface area contributed by atoms with Gasteiger partial charge in [0.15, 0.2) is 6.73 Å². The van der Waals surface area contributed by atoms with E-state index in [0.717, 1.165) is 74.5 Å². The van der Waals surface area contributed by atoms with Crippen molar-refractivity contribution in [1.29, 1.82) is 0 Å². The Morgan fingerprint density at radius 1 is 0.828 bits per heavy atom. The molecule has 2 heterocycles. The Hall–Kier alpha value is -2.58. The quantitative estimate of drug-likeness (QED) is 0.0562. The molecule has 7 nitrogen and oxygen atoms in total. The Bertz CT molecular complexity index is 1420. The van der Waals surface area contributed by atoms with Gasteiger partial charge in [0.2, 0.25) is 5.91 Å². The lowest BCUT2D eigenvalue weighted by Gasteiger charge is -2.38. The molecule has 0 fully saturated rings. The summed E-state index contributed by atoms with van der Waals surface area (Å²) in [4.78, 5) is 32.4. The summed E-state index contributed by atoms with van der Waals surface area (Å²) in [6.45, 7) is 9.64. The fourth-order valence-electron chi connectivity index (χ4n) is 8.56. The number of allylic oxidation sites excluding steroid dienone is 2. The number of hydrogen-bond acceptors (Lipinski definition) is 7. The number of unbranched alkanes of at least 4 members (excludes halogenated alkanes) is 21. The molecule has 1 aromatic rings. The van der Waals surface area contributed by atoms with Gasteiger partial charge < -0.3 is 14.8 Å². The van der Waals surface area contributed by atoms with E-state index in [1.54, 1.807) is 4.90 Å². The topological polar surface area (TPSA) is 80.2 Å². The number of amides is 1. The lowest BCUT2D eigenvalue weighted by molar-refractivity contribution is -0.144. The number of aliphatic imine (C=N–C) groups is 1. The molecule has 1 aliphatic carbocycles. The van der Waals surface area contributed by atoms with E-state index < -0.39 is 0 Å². The Morgan fingerprint density at radius 3 is 2.09 bits per heavy atom. The third kappa shape index (κ3) is 18.4. The van der Waals surface area contributed by atoms with E-state index in [4.69, 9.17) is 14.5 Å². The number of carbonyl (C=O) groups is 2. The van der Waals surface area contributed by atoms with Crippen LogP contribution in [-0.4, -0.2) is 61.6 Å². The minimum Gasteiger partial charge on any atom is -0.494 e. The van der Waals surface area contributed by atoms with E-state index in [9.17, 15) is 9.59 Å². The van der Waals surface area contributed by atoms with Gasteiger partial charge in [-0.05, 0) is 55.5 Å². The zero-order valence-electron chi connectivity index (χ0n) is 37.1. The Labute approximate surface area is 358 Å². The summed E-state index contributed by atoms with van der Waals surface area (Å²) in [6.07, 6.45) is 38.8. The summed E-state index contributed by atoms with van der Waals surface area (Å²) in [5.41, 5.74) is 4.16. The van der Waals surface area contributed by atoms with Crippen LogP contribution < -0.4 is 15.0 Å².